The maximum absolute atomic E-state index is 5.74. The summed E-state index contributed by atoms with van der Waals surface area (Å²) in [6.45, 7) is 13.6. The molecular weight excluding hydrogens is 252 g/mol. The van der Waals surface area contributed by atoms with Crippen LogP contribution in [0.5, 0.6) is 0 Å². The van der Waals surface area contributed by atoms with Gasteiger partial charge in [0.25, 0.3) is 0 Å². The Morgan fingerprint density at radius 2 is 1.90 bits per heavy atom. The van der Waals surface area contributed by atoms with E-state index in [1.807, 2.05) is 4.68 Å². The summed E-state index contributed by atoms with van der Waals surface area (Å²) in [5, 5.41) is 4.33. The summed E-state index contributed by atoms with van der Waals surface area (Å²) < 4.78 is 2.04. The topological polar surface area (TPSA) is 63.2 Å². The third kappa shape index (κ3) is 4.01. The highest BCUT2D eigenvalue weighted by molar-refractivity contribution is 4.87. The fourth-order valence-electron chi connectivity index (χ4n) is 2.62. The van der Waals surface area contributed by atoms with Gasteiger partial charge in [0.2, 0.25) is 0 Å². The van der Waals surface area contributed by atoms with Crippen molar-refractivity contribution in [3.8, 4) is 0 Å². The summed E-state index contributed by atoms with van der Waals surface area (Å²) >= 11 is 0. The molecule has 1 aliphatic heterocycles. The van der Waals surface area contributed by atoms with E-state index in [-0.39, 0.29) is 0 Å². The molecule has 1 fully saturated rings. The van der Waals surface area contributed by atoms with Crippen molar-refractivity contribution in [1.82, 2.24) is 24.6 Å². The number of rotatable bonds is 6. The number of hydrogen-bond acceptors (Lipinski definition) is 5. The number of hydrogen-bond donors (Lipinski definition) is 1. The molecule has 0 amide bonds. The van der Waals surface area contributed by atoms with Crippen LogP contribution in [0.1, 0.15) is 26.6 Å². The maximum atomic E-state index is 5.74. The first-order valence-electron chi connectivity index (χ1n) is 7.63. The van der Waals surface area contributed by atoms with Gasteiger partial charge in [-0.1, -0.05) is 13.8 Å². The lowest BCUT2D eigenvalue weighted by Crippen LogP contribution is -2.51. The van der Waals surface area contributed by atoms with Crippen molar-refractivity contribution in [2.24, 2.45) is 11.7 Å². The molecule has 6 heteroatoms. The second kappa shape index (κ2) is 7.15. The van der Waals surface area contributed by atoms with E-state index < -0.39 is 0 Å². The zero-order valence-corrected chi connectivity index (χ0v) is 13.0. The number of piperazine rings is 1. The lowest BCUT2D eigenvalue weighted by atomic mass is 10.2. The van der Waals surface area contributed by atoms with Gasteiger partial charge in [-0.15, -0.1) is 0 Å². The monoisotopic (exact) mass is 280 g/mol. The summed E-state index contributed by atoms with van der Waals surface area (Å²) in [6.07, 6.45) is 1.67. The van der Waals surface area contributed by atoms with Crippen molar-refractivity contribution in [1.29, 1.82) is 0 Å². The average Bonchev–Trinajstić information content (AvgIpc) is 2.85. The zero-order valence-electron chi connectivity index (χ0n) is 13.0. The molecule has 20 heavy (non-hydrogen) atoms. The van der Waals surface area contributed by atoms with Crippen LogP contribution in [-0.4, -0.2) is 63.3 Å². The quantitative estimate of drug-likeness (QED) is 0.817. The lowest BCUT2D eigenvalue weighted by Gasteiger charge is -2.37. The summed E-state index contributed by atoms with van der Waals surface area (Å²) in [5.74, 6) is 1.68. The van der Waals surface area contributed by atoms with Crippen LogP contribution in [0.15, 0.2) is 6.33 Å². The molecule has 2 N–H and O–H groups in total. The second-order valence-corrected chi connectivity index (χ2v) is 6.15. The minimum absolute atomic E-state index is 0.488. The molecule has 0 aliphatic carbocycles. The van der Waals surface area contributed by atoms with Gasteiger partial charge in [0.1, 0.15) is 12.2 Å². The Morgan fingerprint density at radius 3 is 2.50 bits per heavy atom. The van der Waals surface area contributed by atoms with Gasteiger partial charge in [0.15, 0.2) is 0 Å². The number of nitrogens with zero attached hydrogens (tertiary/aromatic N) is 5. The van der Waals surface area contributed by atoms with E-state index in [0.717, 1.165) is 51.6 Å². The highest BCUT2D eigenvalue weighted by atomic mass is 15.4. The van der Waals surface area contributed by atoms with Crippen LogP contribution in [0, 0.1) is 5.92 Å². The van der Waals surface area contributed by atoms with Crippen molar-refractivity contribution < 1.29 is 0 Å². The van der Waals surface area contributed by atoms with Gasteiger partial charge in [-0.05, 0) is 12.8 Å². The Hall–Kier alpha value is -0.980. The molecule has 1 aliphatic rings. The molecular formula is C14H28N6. The molecule has 6 nitrogen and oxygen atoms in total. The van der Waals surface area contributed by atoms with Gasteiger partial charge in [-0.25, -0.2) is 9.67 Å². The standard InChI is InChI=1S/C14H28N6/c1-12(2)9-20-14(16-11-17-20)10-18-4-6-19(7-5-18)13(3)8-15/h11-13H,4-10,15H2,1-3H3. The molecule has 1 unspecified atom stereocenters. The molecule has 114 valence electrons. The summed E-state index contributed by atoms with van der Waals surface area (Å²) in [6, 6.07) is 0.488. The van der Waals surface area contributed by atoms with Crippen molar-refractivity contribution in [2.75, 3.05) is 32.7 Å². The largest absolute Gasteiger partial charge is 0.329 e. The minimum Gasteiger partial charge on any atom is -0.329 e. The molecule has 2 rings (SSSR count). The van der Waals surface area contributed by atoms with Crippen molar-refractivity contribution >= 4 is 0 Å². The Kier molecular flexibility index (Phi) is 5.51. The van der Waals surface area contributed by atoms with Gasteiger partial charge < -0.3 is 5.73 Å². The van der Waals surface area contributed by atoms with Gasteiger partial charge in [0, 0.05) is 45.3 Å². The van der Waals surface area contributed by atoms with Gasteiger partial charge in [-0.3, -0.25) is 9.80 Å². The van der Waals surface area contributed by atoms with Crippen LogP contribution in [0.4, 0.5) is 0 Å². The molecule has 0 radical (unpaired) electrons. The van der Waals surface area contributed by atoms with Crippen LogP contribution < -0.4 is 5.73 Å². The van der Waals surface area contributed by atoms with Crippen molar-refractivity contribution in [3.63, 3.8) is 0 Å². The van der Waals surface area contributed by atoms with Gasteiger partial charge in [-0.2, -0.15) is 5.10 Å². The highest BCUT2D eigenvalue weighted by Gasteiger charge is 2.21. The van der Waals surface area contributed by atoms with E-state index in [1.165, 1.54) is 0 Å². The summed E-state index contributed by atoms with van der Waals surface area (Å²) in [5.41, 5.74) is 5.74. The fraction of sp³-hybridized carbons (Fsp3) is 0.857. The summed E-state index contributed by atoms with van der Waals surface area (Å²) in [4.78, 5) is 9.34. The Labute approximate surface area is 121 Å². The third-order valence-corrected chi connectivity index (χ3v) is 3.97. The molecule has 0 bridgehead atoms. The van der Waals surface area contributed by atoms with Crippen LogP contribution in [-0.2, 0) is 13.1 Å². The van der Waals surface area contributed by atoms with Crippen molar-refractivity contribution in [3.05, 3.63) is 12.2 Å². The molecule has 0 aromatic carbocycles. The fourth-order valence-corrected chi connectivity index (χ4v) is 2.62. The molecule has 1 saturated heterocycles. The lowest BCUT2D eigenvalue weighted by molar-refractivity contribution is 0.0976. The maximum Gasteiger partial charge on any atom is 0.141 e. The molecule has 0 spiro atoms. The molecule has 2 heterocycles. The van der Waals surface area contributed by atoms with E-state index in [1.54, 1.807) is 6.33 Å². The first kappa shape index (κ1) is 15.4. The van der Waals surface area contributed by atoms with Gasteiger partial charge >= 0.3 is 0 Å². The Morgan fingerprint density at radius 1 is 1.20 bits per heavy atom. The minimum atomic E-state index is 0.488. The Balaban J connectivity index is 1.85. The molecule has 1 atom stereocenters. The smallest absolute Gasteiger partial charge is 0.141 e. The number of aromatic nitrogens is 3. The van der Waals surface area contributed by atoms with E-state index in [9.17, 15) is 0 Å². The first-order valence-corrected chi connectivity index (χ1v) is 7.63. The first-order chi connectivity index (χ1) is 9.60. The van der Waals surface area contributed by atoms with Crippen LogP contribution in [0.25, 0.3) is 0 Å². The van der Waals surface area contributed by atoms with E-state index in [2.05, 4.69) is 40.7 Å². The highest BCUT2D eigenvalue weighted by Crippen LogP contribution is 2.10. The van der Waals surface area contributed by atoms with Crippen LogP contribution in [0.2, 0.25) is 0 Å². The van der Waals surface area contributed by atoms with E-state index >= 15 is 0 Å². The third-order valence-electron chi connectivity index (χ3n) is 3.97. The zero-order chi connectivity index (χ0) is 14.5. The average molecular weight is 280 g/mol. The number of nitrogens with two attached hydrogens (primary N) is 1. The van der Waals surface area contributed by atoms with Crippen LogP contribution >= 0.6 is 0 Å². The van der Waals surface area contributed by atoms with Crippen molar-refractivity contribution in [2.45, 2.75) is 39.9 Å². The normalized spacial score (nSPS) is 19.6. The van der Waals surface area contributed by atoms with Crippen LogP contribution in [0.3, 0.4) is 0 Å². The molecule has 0 saturated carbocycles. The molecule has 1 aromatic rings. The Bertz CT molecular complexity index is 394. The summed E-state index contributed by atoms with van der Waals surface area (Å²) in [7, 11) is 0. The van der Waals surface area contributed by atoms with E-state index in [0.29, 0.717) is 12.0 Å². The predicted octanol–water partition coefficient (Wildman–Crippen LogP) is 0.399. The SMILES string of the molecule is CC(C)Cn1ncnc1CN1CCN(C(C)CN)CC1. The predicted molar refractivity (Wildman–Crippen MR) is 80.2 cm³/mol. The van der Waals surface area contributed by atoms with Gasteiger partial charge in [0.05, 0.1) is 6.54 Å². The second-order valence-electron chi connectivity index (χ2n) is 6.15. The molecule has 1 aromatic heterocycles. The van der Waals surface area contributed by atoms with E-state index in [4.69, 9.17) is 5.73 Å².